The highest BCUT2D eigenvalue weighted by Crippen LogP contribution is 2.38. The van der Waals surface area contributed by atoms with Crippen LogP contribution in [0, 0.1) is 6.92 Å². The number of hydrogen-bond donors (Lipinski definition) is 3. The Morgan fingerprint density at radius 3 is 2.70 bits per heavy atom. The topological polar surface area (TPSA) is 61.7 Å². The fraction of sp³-hybridized carbons (Fsp3) is 0.333. The van der Waals surface area contributed by atoms with Crippen LogP contribution in [0.25, 0.3) is 0 Å². The van der Waals surface area contributed by atoms with Crippen molar-refractivity contribution in [2.45, 2.75) is 25.8 Å². The predicted octanol–water partition coefficient (Wildman–Crippen LogP) is 3.27. The molecule has 1 aliphatic rings. The summed E-state index contributed by atoms with van der Waals surface area (Å²) < 4.78 is 5.18. The first-order valence-electron chi connectivity index (χ1n) is 7.48. The molecule has 124 valence electrons. The van der Waals surface area contributed by atoms with Crippen LogP contribution in [-0.2, 0) is 13.0 Å². The van der Waals surface area contributed by atoms with Crippen molar-refractivity contribution in [3.63, 3.8) is 0 Å². The first-order chi connectivity index (χ1) is 10.6. The average molecular weight is 336 g/mol. The molecule has 0 bridgehead atoms. The molecule has 3 N–H and O–H groups in total. The Kier molecular flexibility index (Phi) is 5.39. The number of ether oxygens (including phenoxy) is 1. The minimum Gasteiger partial charge on any atom is -0.508 e. The summed E-state index contributed by atoms with van der Waals surface area (Å²) in [6, 6.07) is 9.67. The van der Waals surface area contributed by atoms with Crippen molar-refractivity contribution >= 4 is 12.4 Å². The van der Waals surface area contributed by atoms with Crippen LogP contribution in [0.15, 0.2) is 30.3 Å². The summed E-state index contributed by atoms with van der Waals surface area (Å²) in [5, 5.41) is 23.5. The fourth-order valence-corrected chi connectivity index (χ4v) is 3.09. The third-order valence-corrected chi connectivity index (χ3v) is 4.39. The molecular formula is C18H22ClNO3. The van der Waals surface area contributed by atoms with Gasteiger partial charge in [0.2, 0.25) is 0 Å². The Balaban J connectivity index is 0.00000192. The Bertz CT molecular complexity index is 703. The molecule has 0 saturated heterocycles. The smallest absolute Gasteiger partial charge is 0.162 e. The maximum absolute atomic E-state index is 10.3. The van der Waals surface area contributed by atoms with Gasteiger partial charge >= 0.3 is 0 Å². The molecule has 2 aromatic carbocycles. The molecule has 4 nitrogen and oxygen atoms in total. The zero-order valence-electron chi connectivity index (χ0n) is 13.3. The van der Waals surface area contributed by atoms with E-state index in [1.54, 1.807) is 7.11 Å². The van der Waals surface area contributed by atoms with Crippen molar-refractivity contribution in [3.05, 3.63) is 52.6 Å². The fourth-order valence-electron chi connectivity index (χ4n) is 3.09. The first-order valence-corrected chi connectivity index (χ1v) is 7.48. The molecule has 0 saturated carbocycles. The molecule has 0 fully saturated rings. The Morgan fingerprint density at radius 2 is 2.00 bits per heavy atom. The van der Waals surface area contributed by atoms with Gasteiger partial charge in [0.25, 0.3) is 0 Å². The summed E-state index contributed by atoms with van der Waals surface area (Å²) in [5.41, 5.74) is 4.04. The molecule has 0 aliphatic carbocycles. The quantitative estimate of drug-likeness (QED) is 0.805. The normalized spacial score (nSPS) is 16.3. The van der Waals surface area contributed by atoms with Gasteiger partial charge in [0.05, 0.1) is 7.11 Å². The SMILES string of the molecule is COc1ccc2c(c1O)CNCC2Cc1ccc(C)c(O)c1.Cl. The molecule has 2 aromatic rings. The maximum atomic E-state index is 10.3. The minimum atomic E-state index is 0. The molecule has 1 aliphatic heterocycles. The van der Waals surface area contributed by atoms with E-state index in [0.717, 1.165) is 35.2 Å². The Labute approximate surface area is 142 Å². The number of halogens is 1. The van der Waals surface area contributed by atoms with E-state index in [0.29, 0.717) is 18.0 Å². The number of aryl methyl sites for hydroxylation is 1. The van der Waals surface area contributed by atoms with Gasteiger partial charge in [0, 0.05) is 24.6 Å². The Hall–Kier alpha value is -1.91. The molecule has 23 heavy (non-hydrogen) atoms. The second kappa shape index (κ2) is 7.11. The predicted molar refractivity (Wildman–Crippen MR) is 92.9 cm³/mol. The number of methoxy groups -OCH3 is 1. The monoisotopic (exact) mass is 335 g/mol. The van der Waals surface area contributed by atoms with Gasteiger partial charge < -0.3 is 20.3 Å². The van der Waals surface area contributed by atoms with Crippen LogP contribution in [0.2, 0.25) is 0 Å². The number of rotatable bonds is 3. The van der Waals surface area contributed by atoms with Crippen LogP contribution in [0.1, 0.15) is 28.2 Å². The highest BCUT2D eigenvalue weighted by atomic mass is 35.5. The van der Waals surface area contributed by atoms with Crippen molar-refractivity contribution in [2.24, 2.45) is 0 Å². The highest BCUT2D eigenvalue weighted by molar-refractivity contribution is 5.85. The Morgan fingerprint density at radius 1 is 1.22 bits per heavy atom. The number of benzene rings is 2. The van der Waals surface area contributed by atoms with Gasteiger partial charge in [-0.25, -0.2) is 0 Å². The standard InChI is InChI=1S/C18H21NO3.ClH/c1-11-3-4-12(8-16(11)20)7-13-9-19-10-15-14(13)5-6-17(22-2)18(15)21;/h3-6,8,13,19-21H,7,9-10H2,1-2H3;1H. The molecule has 5 heteroatoms. The van der Waals surface area contributed by atoms with Crippen molar-refractivity contribution < 1.29 is 14.9 Å². The lowest BCUT2D eigenvalue weighted by atomic mass is 9.85. The van der Waals surface area contributed by atoms with Gasteiger partial charge in [0.1, 0.15) is 5.75 Å². The lowest BCUT2D eigenvalue weighted by Crippen LogP contribution is -2.29. The van der Waals surface area contributed by atoms with Crippen LogP contribution < -0.4 is 10.1 Å². The summed E-state index contributed by atoms with van der Waals surface area (Å²) in [4.78, 5) is 0. The summed E-state index contributed by atoms with van der Waals surface area (Å²) in [6.07, 6.45) is 0.819. The van der Waals surface area contributed by atoms with E-state index in [9.17, 15) is 10.2 Å². The molecule has 1 unspecified atom stereocenters. The third-order valence-electron chi connectivity index (χ3n) is 4.39. The summed E-state index contributed by atoms with van der Waals surface area (Å²) in [7, 11) is 1.56. The molecule has 0 aromatic heterocycles. The summed E-state index contributed by atoms with van der Waals surface area (Å²) in [5.74, 6) is 1.33. The van der Waals surface area contributed by atoms with Gasteiger partial charge in [-0.3, -0.25) is 0 Å². The largest absolute Gasteiger partial charge is 0.508 e. The van der Waals surface area contributed by atoms with Gasteiger partial charge in [-0.05, 0) is 42.2 Å². The highest BCUT2D eigenvalue weighted by Gasteiger charge is 2.24. The van der Waals surface area contributed by atoms with Crippen LogP contribution in [0.3, 0.4) is 0 Å². The van der Waals surface area contributed by atoms with E-state index in [1.807, 2.05) is 37.3 Å². The van der Waals surface area contributed by atoms with Crippen molar-refractivity contribution in [1.29, 1.82) is 0 Å². The molecule has 1 heterocycles. The molecule has 1 atom stereocenters. The number of phenolic OH excluding ortho intramolecular Hbond substituents is 2. The first kappa shape index (κ1) is 17.4. The number of hydrogen-bond acceptors (Lipinski definition) is 4. The van der Waals surface area contributed by atoms with E-state index >= 15 is 0 Å². The summed E-state index contributed by atoms with van der Waals surface area (Å²) >= 11 is 0. The molecule has 0 amide bonds. The number of nitrogens with one attached hydrogen (secondary N) is 1. The zero-order chi connectivity index (χ0) is 15.7. The van der Waals surface area contributed by atoms with E-state index < -0.39 is 0 Å². The maximum Gasteiger partial charge on any atom is 0.162 e. The van der Waals surface area contributed by atoms with Crippen molar-refractivity contribution in [2.75, 3.05) is 13.7 Å². The zero-order valence-corrected chi connectivity index (χ0v) is 14.1. The van der Waals surface area contributed by atoms with Crippen LogP contribution in [-0.4, -0.2) is 23.9 Å². The molecule has 0 spiro atoms. The van der Waals surface area contributed by atoms with Crippen LogP contribution >= 0.6 is 12.4 Å². The van der Waals surface area contributed by atoms with E-state index in [2.05, 4.69) is 5.32 Å². The van der Waals surface area contributed by atoms with Gasteiger partial charge in [-0.1, -0.05) is 18.2 Å². The molecule has 0 radical (unpaired) electrons. The van der Waals surface area contributed by atoms with Crippen LogP contribution in [0.4, 0.5) is 0 Å². The minimum absolute atomic E-state index is 0. The lowest BCUT2D eigenvalue weighted by Gasteiger charge is -2.28. The molecular weight excluding hydrogens is 314 g/mol. The van der Waals surface area contributed by atoms with Crippen LogP contribution in [0.5, 0.6) is 17.2 Å². The number of fused-ring (bicyclic) bond motifs is 1. The molecule has 3 rings (SSSR count). The van der Waals surface area contributed by atoms with E-state index in [4.69, 9.17) is 4.74 Å². The second-order valence-corrected chi connectivity index (χ2v) is 5.84. The second-order valence-electron chi connectivity index (χ2n) is 5.84. The van der Waals surface area contributed by atoms with Crippen molar-refractivity contribution in [3.8, 4) is 17.2 Å². The van der Waals surface area contributed by atoms with E-state index in [-0.39, 0.29) is 24.1 Å². The number of aromatic hydroxyl groups is 2. The third kappa shape index (κ3) is 3.38. The summed E-state index contributed by atoms with van der Waals surface area (Å²) in [6.45, 7) is 3.39. The van der Waals surface area contributed by atoms with E-state index in [1.165, 1.54) is 0 Å². The van der Waals surface area contributed by atoms with Gasteiger partial charge in [-0.2, -0.15) is 0 Å². The van der Waals surface area contributed by atoms with Gasteiger partial charge in [0.15, 0.2) is 11.5 Å². The number of phenols is 2. The van der Waals surface area contributed by atoms with Gasteiger partial charge in [-0.15, -0.1) is 12.4 Å². The lowest BCUT2D eigenvalue weighted by molar-refractivity contribution is 0.365. The average Bonchev–Trinajstić information content (AvgIpc) is 2.52. The van der Waals surface area contributed by atoms with Crippen molar-refractivity contribution in [1.82, 2.24) is 5.32 Å².